The highest BCUT2D eigenvalue weighted by atomic mass is 35.5. The molecule has 0 amide bonds. The summed E-state index contributed by atoms with van der Waals surface area (Å²) in [5, 5.41) is 0.805. The molecule has 0 atom stereocenters. The van der Waals surface area contributed by atoms with Crippen LogP contribution in [0.1, 0.15) is 68.2 Å². The van der Waals surface area contributed by atoms with Gasteiger partial charge in [0.15, 0.2) is 0 Å². The second kappa shape index (κ2) is 10.7. The average Bonchev–Trinajstić information content (AvgIpc) is 3.56. The van der Waals surface area contributed by atoms with E-state index in [1.54, 1.807) is 5.56 Å². The van der Waals surface area contributed by atoms with Gasteiger partial charge in [0.1, 0.15) is 0 Å². The van der Waals surface area contributed by atoms with E-state index in [-0.39, 0.29) is 10.8 Å². The summed E-state index contributed by atoms with van der Waals surface area (Å²) in [5.41, 5.74) is 17.1. The van der Waals surface area contributed by atoms with Gasteiger partial charge in [-0.15, -0.1) is 0 Å². The van der Waals surface area contributed by atoms with Crippen LogP contribution in [0.4, 0.5) is 17.1 Å². The fourth-order valence-corrected chi connectivity index (χ4v) is 12.3. The minimum Gasteiger partial charge on any atom is -0.309 e. The quantitative estimate of drug-likeness (QED) is 0.179. The molecule has 6 aliphatic rings. The van der Waals surface area contributed by atoms with Crippen LogP contribution in [0.5, 0.6) is 0 Å². The van der Waals surface area contributed by atoms with Crippen molar-refractivity contribution >= 4 is 28.7 Å². The lowest BCUT2D eigenvalue weighted by Crippen LogP contribution is -2.55. The maximum absolute atomic E-state index is 7.58. The van der Waals surface area contributed by atoms with Gasteiger partial charge in [-0.1, -0.05) is 123 Å². The normalized spacial score (nSPS) is 25.4. The van der Waals surface area contributed by atoms with E-state index < -0.39 is 0 Å². The van der Waals surface area contributed by atoms with Crippen molar-refractivity contribution in [2.75, 3.05) is 4.90 Å². The Hall–Kier alpha value is -4.59. The van der Waals surface area contributed by atoms with Crippen LogP contribution in [0.2, 0.25) is 5.02 Å². The van der Waals surface area contributed by atoms with E-state index in [2.05, 4.69) is 152 Å². The summed E-state index contributed by atoms with van der Waals surface area (Å²) < 4.78 is 0. The van der Waals surface area contributed by atoms with Gasteiger partial charge in [0.2, 0.25) is 0 Å². The van der Waals surface area contributed by atoms with Crippen molar-refractivity contribution in [3.63, 3.8) is 0 Å². The van der Waals surface area contributed by atoms with Crippen molar-refractivity contribution in [3.8, 4) is 33.4 Å². The number of anilines is 3. The topological polar surface area (TPSA) is 3.24 Å². The summed E-state index contributed by atoms with van der Waals surface area (Å²) in [4.78, 5) is 2.45. The zero-order valence-corrected chi connectivity index (χ0v) is 30.1. The zero-order valence-electron chi connectivity index (χ0n) is 29.4. The minimum atomic E-state index is -0.0986. The molecular weight excluding hydrogens is 638 g/mol. The molecule has 6 aromatic rings. The van der Waals surface area contributed by atoms with Crippen molar-refractivity contribution in [1.29, 1.82) is 0 Å². The molecular formula is C49H42ClN. The number of hydrogen-bond donors (Lipinski definition) is 0. The minimum absolute atomic E-state index is 0.0725. The molecule has 4 saturated carbocycles. The Balaban J connectivity index is 1.12. The maximum atomic E-state index is 7.58. The predicted octanol–water partition coefficient (Wildman–Crippen LogP) is 13.5. The Morgan fingerprint density at radius 3 is 1.76 bits per heavy atom. The molecule has 51 heavy (non-hydrogen) atoms. The van der Waals surface area contributed by atoms with Gasteiger partial charge in [-0.05, 0) is 148 Å². The first-order valence-electron chi connectivity index (χ1n) is 19.0. The lowest BCUT2D eigenvalue weighted by atomic mass is 9.43. The van der Waals surface area contributed by atoms with E-state index in [4.69, 9.17) is 11.6 Å². The van der Waals surface area contributed by atoms with Gasteiger partial charge in [-0.25, -0.2) is 0 Å². The molecule has 1 nitrogen and oxygen atoms in total. The SMILES string of the molecule is CC1(C)c2ccccc2-c2ccc(N(c3ccc(-c4ccccc4)cc3)c3cc4c(cc3Cl)-c3ccccc3C43C4CC5CC(C4)CC3C5)cc21. The van der Waals surface area contributed by atoms with Gasteiger partial charge in [0, 0.05) is 22.2 Å². The van der Waals surface area contributed by atoms with E-state index in [1.165, 1.54) is 82.2 Å². The lowest BCUT2D eigenvalue weighted by Gasteiger charge is -2.61. The summed E-state index contributed by atoms with van der Waals surface area (Å²) in [6.45, 7) is 4.74. The summed E-state index contributed by atoms with van der Waals surface area (Å²) in [5.74, 6) is 3.20. The molecule has 1 spiro atoms. The third-order valence-electron chi connectivity index (χ3n) is 13.9. The lowest BCUT2D eigenvalue weighted by molar-refractivity contribution is -0.0399. The molecule has 0 radical (unpaired) electrons. The monoisotopic (exact) mass is 679 g/mol. The highest BCUT2D eigenvalue weighted by Crippen LogP contribution is 2.70. The maximum Gasteiger partial charge on any atom is 0.0653 e. The number of rotatable bonds is 4. The Kier molecular flexibility index (Phi) is 6.32. The van der Waals surface area contributed by atoms with Crippen LogP contribution in [-0.2, 0) is 10.8 Å². The molecule has 0 aromatic heterocycles. The van der Waals surface area contributed by atoms with E-state index in [9.17, 15) is 0 Å². The van der Waals surface area contributed by atoms with Crippen LogP contribution in [0.3, 0.4) is 0 Å². The molecule has 0 heterocycles. The van der Waals surface area contributed by atoms with Crippen LogP contribution in [0.15, 0.2) is 133 Å². The smallest absolute Gasteiger partial charge is 0.0653 e. The Morgan fingerprint density at radius 1 is 0.490 bits per heavy atom. The van der Waals surface area contributed by atoms with Crippen LogP contribution in [-0.4, -0.2) is 0 Å². The second-order valence-corrected chi connectivity index (χ2v) is 17.1. The summed E-state index contributed by atoms with van der Waals surface area (Å²) in [6.07, 6.45) is 6.91. The molecule has 6 aliphatic carbocycles. The highest BCUT2D eigenvalue weighted by Gasteiger charge is 2.61. The molecule has 12 rings (SSSR count). The Bertz CT molecular complexity index is 2340. The number of halogens is 1. The van der Waals surface area contributed by atoms with Crippen molar-refractivity contribution in [2.24, 2.45) is 23.7 Å². The van der Waals surface area contributed by atoms with Gasteiger partial charge in [0.25, 0.3) is 0 Å². The van der Waals surface area contributed by atoms with Crippen LogP contribution in [0.25, 0.3) is 33.4 Å². The van der Waals surface area contributed by atoms with E-state index >= 15 is 0 Å². The van der Waals surface area contributed by atoms with Gasteiger partial charge < -0.3 is 4.90 Å². The second-order valence-electron chi connectivity index (χ2n) is 16.7. The molecule has 250 valence electrons. The standard InChI is InChI=1S/C49H42ClN/c1-48(2)42-14-8-6-12-38(42)40-21-20-37(27-44(40)48)51(36-18-16-33(17-19-36)32-10-4-3-5-11-32)47-29-45-41(28-46(47)50)39-13-7-9-15-43(39)49(45)34-23-30-22-31(25-34)26-35(49)24-30/h3-21,27-31,34-35H,22-26H2,1-2H3. The molecule has 2 heteroatoms. The van der Waals surface area contributed by atoms with Gasteiger partial charge in [0.05, 0.1) is 10.7 Å². The van der Waals surface area contributed by atoms with Crippen LogP contribution in [0, 0.1) is 23.7 Å². The Morgan fingerprint density at radius 2 is 1.06 bits per heavy atom. The van der Waals surface area contributed by atoms with E-state index in [0.29, 0.717) is 11.8 Å². The third kappa shape index (κ3) is 4.10. The first-order chi connectivity index (χ1) is 24.9. The first-order valence-corrected chi connectivity index (χ1v) is 19.4. The molecule has 0 N–H and O–H groups in total. The van der Waals surface area contributed by atoms with Gasteiger partial charge in [-0.3, -0.25) is 0 Å². The highest BCUT2D eigenvalue weighted by molar-refractivity contribution is 6.34. The molecule has 6 aromatic carbocycles. The number of fused-ring (bicyclic) bond motifs is 6. The van der Waals surface area contributed by atoms with Gasteiger partial charge >= 0.3 is 0 Å². The third-order valence-corrected chi connectivity index (χ3v) is 14.2. The van der Waals surface area contributed by atoms with Crippen molar-refractivity contribution in [1.82, 2.24) is 0 Å². The van der Waals surface area contributed by atoms with Crippen LogP contribution < -0.4 is 4.90 Å². The van der Waals surface area contributed by atoms with E-state index in [1.807, 2.05) is 0 Å². The first kappa shape index (κ1) is 30.1. The van der Waals surface area contributed by atoms with Crippen LogP contribution >= 0.6 is 11.6 Å². The summed E-state index contributed by atoms with van der Waals surface area (Å²) in [7, 11) is 0. The molecule has 0 unspecified atom stereocenters. The van der Waals surface area contributed by atoms with Crippen molar-refractivity contribution < 1.29 is 0 Å². The fraction of sp³-hybridized carbons (Fsp3) is 0.265. The molecule has 4 fully saturated rings. The molecule has 0 aliphatic heterocycles. The number of nitrogens with zero attached hydrogens (tertiary/aromatic N) is 1. The average molecular weight is 680 g/mol. The van der Waals surface area contributed by atoms with E-state index in [0.717, 1.165) is 33.9 Å². The van der Waals surface area contributed by atoms with Crippen molar-refractivity contribution in [3.05, 3.63) is 161 Å². The summed E-state index contributed by atoms with van der Waals surface area (Å²) in [6, 6.07) is 50.0. The predicted molar refractivity (Wildman–Crippen MR) is 212 cm³/mol. The molecule has 0 saturated heterocycles. The molecule has 4 bridgehead atoms. The zero-order chi connectivity index (χ0) is 34.1. The van der Waals surface area contributed by atoms with Gasteiger partial charge in [-0.2, -0.15) is 0 Å². The summed E-state index contributed by atoms with van der Waals surface area (Å²) >= 11 is 7.58. The number of benzene rings is 6. The Labute approximate surface area is 306 Å². The largest absolute Gasteiger partial charge is 0.309 e. The fourth-order valence-electron chi connectivity index (χ4n) is 12.0. The van der Waals surface area contributed by atoms with Crippen molar-refractivity contribution in [2.45, 2.75) is 56.8 Å². The number of hydrogen-bond acceptors (Lipinski definition) is 1.